The summed E-state index contributed by atoms with van der Waals surface area (Å²) in [5, 5.41) is 0. The molecule has 2 aromatic rings. The van der Waals surface area contributed by atoms with Gasteiger partial charge >= 0.3 is 0 Å². The highest BCUT2D eigenvalue weighted by Crippen LogP contribution is 2.20. The van der Waals surface area contributed by atoms with Crippen LogP contribution in [0.1, 0.15) is 28.4 Å². The molecule has 0 aliphatic carbocycles. The molecule has 0 amide bonds. The fourth-order valence-corrected chi connectivity index (χ4v) is 2.27. The van der Waals surface area contributed by atoms with Gasteiger partial charge in [-0.2, -0.15) is 0 Å². The Bertz CT molecular complexity index is 590. The lowest BCUT2D eigenvalue weighted by molar-refractivity contribution is 0.0993. The van der Waals surface area contributed by atoms with Crippen molar-refractivity contribution in [2.24, 2.45) is 0 Å². The van der Waals surface area contributed by atoms with Crippen LogP contribution in [0.2, 0.25) is 0 Å². The van der Waals surface area contributed by atoms with Crippen LogP contribution >= 0.6 is 15.9 Å². The number of ketones is 1. The molecule has 2 aromatic carbocycles. The van der Waals surface area contributed by atoms with Crippen molar-refractivity contribution in [2.75, 3.05) is 0 Å². The van der Waals surface area contributed by atoms with E-state index in [1.807, 2.05) is 24.3 Å². The zero-order chi connectivity index (χ0) is 13.8. The van der Waals surface area contributed by atoms with E-state index in [1.54, 1.807) is 6.07 Å². The third kappa shape index (κ3) is 3.51. The van der Waals surface area contributed by atoms with E-state index in [9.17, 15) is 9.18 Å². The van der Waals surface area contributed by atoms with Crippen molar-refractivity contribution in [1.82, 2.24) is 0 Å². The summed E-state index contributed by atoms with van der Waals surface area (Å²) < 4.78 is 13.9. The maximum absolute atomic E-state index is 13.2. The average Bonchev–Trinajstić information content (AvgIpc) is 2.43. The summed E-state index contributed by atoms with van der Waals surface area (Å²) in [6.07, 6.45) is 1.15. The Morgan fingerprint density at radius 2 is 1.84 bits per heavy atom. The number of hydrogen-bond donors (Lipinski definition) is 0. The lowest BCUT2D eigenvalue weighted by atomic mass is 10.0. The largest absolute Gasteiger partial charge is 0.294 e. The van der Waals surface area contributed by atoms with E-state index < -0.39 is 0 Å². The minimum Gasteiger partial charge on any atom is -0.294 e. The van der Waals surface area contributed by atoms with Gasteiger partial charge in [0.25, 0.3) is 0 Å². The SMILES string of the molecule is CCc1ccc(C(=O)Cc2cc(F)ccc2Br)cc1. The first-order valence-electron chi connectivity index (χ1n) is 6.16. The van der Waals surface area contributed by atoms with E-state index in [1.165, 1.54) is 17.7 Å². The number of benzene rings is 2. The standard InChI is InChI=1S/C16H14BrFO/c1-2-11-3-5-12(6-4-11)16(19)10-13-9-14(18)7-8-15(13)17/h3-9H,2,10H2,1H3. The van der Waals surface area contributed by atoms with Gasteiger partial charge in [0.05, 0.1) is 0 Å². The number of halogens is 2. The number of rotatable bonds is 4. The van der Waals surface area contributed by atoms with E-state index in [-0.39, 0.29) is 18.0 Å². The lowest BCUT2D eigenvalue weighted by Crippen LogP contribution is -2.04. The zero-order valence-corrected chi connectivity index (χ0v) is 12.2. The van der Waals surface area contributed by atoms with Gasteiger partial charge < -0.3 is 0 Å². The fraction of sp³-hybridized carbons (Fsp3) is 0.188. The third-order valence-corrected chi connectivity index (χ3v) is 3.82. The van der Waals surface area contributed by atoms with Gasteiger partial charge in [0.1, 0.15) is 5.82 Å². The number of carbonyl (C=O) groups is 1. The van der Waals surface area contributed by atoms with Gasteiger partial charge in [-0.3, -0.25) is 4.79 Å². The Hall–Kier alpha value is -1.48. The van der Waals surface area contributed by atoms with E-state index in [0.29, 0.717) is 11.1 Å². The van der Waals surface area contributed by atoms with E-state index in [4.69, 9.17) is 0 Å². The molecule has 2 rings (SSSR count). The van der Waals surface area contributed by atoms with Crippen LogP contribution in [0.15, 0.2) is 46.9 Å². The Labute approximate surface area is 120 Å². The smallest absolute Gasteiger partial charge is 0.167 e. The number of Topliss-reactive ketones (excluding diaryl/α,β-unsaturated/α-hetero) is 1. The average molecular weight is 321 g/mol. The van der Waals surface area contributed by atoms with Crippen LogP contribution in [0.5, 0.6) is 0 Å². The van der Waals surface area contributed by atoms with Crippen LogP contribution in [0.3, 0.4) is 0 Å². The van der Waals surface area contributed by atoms with Gasteiger partial charge in [-0.1, -0.05) is 47.1 Å². The molecule has 0 aromatic heterocycles. The second-order valence-corrected chi connectivity index (χ2v) is 5.24. The van der Waals surface area contributed by atoms with Gasteiger partial charge in [-0.15, -0.1) is 0 Å². The van der Waals surface area contributed by atoms with Gasteiger partial charge in [-0.25, -0.2) is 4.39 Å². The molecule has 0 unspecified atom stereocenters. The maximum Gasteiger partial charge on any atom is 0.167 e. The molecule has 19 heavy (non-hydrogen) atoms. The molecule has 0 saturated carbocycles. The molecule has 0 aliphatic heterocycles. The molecule has 0 fully saturated rings. The second-order valence-electron chi connectivity index (χ2n) is 4.39. The highest BCUT2D eigenvalue weighted by atomic mass is 79.9. The van der Waals surface area contributed by atoms with Gasteiger partial charge in [0.2, 0.25) is 0 Å². The van der Waals surface area contributed by atoms with Gasteiger partial charge in [0.15, 0.2) is 5.78 Å². The number of aryl methyl sites for hydroxylation is 1. The van der Waals surface area contributed by atoms with Crippen molar-refractivity contribution in [3.63, 3.8) is 0 Å². The van der Waals surface area contributed by atoms with Crippen LogP contribution in [0.4, 0.5) is 4.39 Å². The minimum atomic E-state index is -0.327. The van der Waals surface area contributed by atoms with Gasteiger partial charge in [-0.05, 0) is 35.7 Å². The molecule has 0 N–H and O–H groups in total. The van der Waals surface area contributed by atoms with E-state index in [2.05, 4.69) is 22.9 Å². The maximum atomic E-state index is 13.2. The summed E-state index contributed by atoms with van der Waals surface area (Å²) in [6.45, 7) is 2.07. The van der Waals surface area contributed by atoms with Crippen molar-refractivity contribution in [1.29, 1.82) is 0 Å². The molecule has 0 saturated heterocycles. The van der Waals surface area contributed by atoms with Crippen LogP contribution < -0.4 is 0 Å². The third-order valence-electron chi connectivity index (χ3n) is 3.04. The quantitative estimate of drug-likeness (QED) is 0.754. The highest BCUT2D eigenvalue weighted by molar-refractivity contribution is 9.10. The second kappa shape index (κ2) is 6.11. The first-order chi connectivity index (χ1) is 9.10. The molecule has 1 nitrogen and oxygen atoms in total. The summed E-state index contributed by atoms with van der Waals surface area (Å²) in [5.74, 6) is -0.332. The zero-order valence-electron chi connectivity index (χ0n) is 10.6. The molecule has 0 spiro atoms. The Balaban J connectivity index is 2.18. The molecule has 0 aliphatic rings. The lowest BCUT2D eigenvalue weighted by Gasteiger charge is -2.05. The Morgan fingerprint density at radius 1 is 1.16 bits per heavy atom. The molecule has 0 atom stereocenters. The number of hydrogen-bond acceptors (Lipinski definition) is 1. The number of carbonyl (C=O) groups excluding carboxylic acids is 1. The van der Waals surface area contributed by atoms with Crippen LogP contribution in [0, 0.1) is 5.82 Å². The molecule has 98 valence electrons. The van der Waals surface area contributed by atoms with E-state index >= 15 is 0 Å². The summed E-state index contributed by atoms with van der Waals surface area (Å²) in [6, 6.07) is 11.9. The molecular formula is C16H14BrFO. The molecule has 3 heteroatoms. The van der Waals surface area contributed by atoms with Gasteiger partial charge in [0, 0.05) is 16.5 Å². The Kier molecular flexibility index (Phi) is 4.48. The summed E-state index contributed by atoms with van der Waals surface area (Å²) in [4.78, 5) is 12.1. The van der Waals surface area contributed by atoms with Crippen molar-refractivity contribution in [2.45, 2.75) is 19.8 Å². The molecule has 0 radical (unpaired) electrons. The molecular weight excluding hydrogens is 307 g/mol. The molecule has 0 bridgehead atoms. The topological polar surface area (TPSA) is 17.1 Å². The predicted octanol–water partition coefficient (Wildman–Crippen LogP) is 4.58. The van der Waals surface area contributed by atoms with Crippen LogP contribution in [-0.2, 0) is 12.8 Å². The van der Waals surface area contributed by atoms with Crippen LogP contribution in [-0.4, -0.2) is 5.78 Å². The summed E-state index contributed by atoms with van der Waals surface area (Å²) >= 11 is 3.34. The summed E-state index contributed by atoms with van der Waals surface area (Å²) in [7, 11) is 0. The van der Waals surface area contributed by atoms with Crippen LogP contribution in [0.25, 0.3) is 0 Å². The van der Waals surface area contributed by atoms with E-state index in [0.717, 1.165) is 10.9 Å². The first kappa shape index (κ1) is 13.9. The highest BCUT2D eigenvalue weighted by Gasteiger charge is 2.10. The van der Waals surface area contributed by atoms with Crippen molar-refractivity contribution in [3.05, 3.63) is 69.4 Å². The monoisotopic (exact) mass is 320 g/mol. The van der Waals surface area contributed by atoms with Crippen molar-refractivity contribution < 1.29 is 9.18 Å². The summed E-state index contributed by atoms with van der Waals surface area (Å²) in [5.41, 5.74) is 2.53. The first-order valence-corrected chi connectivity index (χ1v) is 6.95. The Morgan fingerprint density at radius 3 is 2.47 bits per heavy atom. The minimum absolute atomic E-state index is 0.00560. The predicted molar refractivity (Wildman–Crippen MR) is 78.0 cm³/mol. The fourth-order valence-electron chi connectivity index (χ4n) is 1.88. The van der Waals surface area contributed by atoms with Crippen molar-refractivity contribution >= 4 is 21.7 Å². The van der Waals surface area contributed by atoms with Crippen molar-refractivity contribution in [3.8, 4) is 0 Å². The normalized spacial score (nSPS) is 10.5. The molecule has 0 heterocycles.